The minimum absolute atomic E-state index is 0.108. The Bertz CT molecular complexity index is 1050. The summed E-state index contributed by atoms with van der Waals surface area (Å²) in [6.07, 6.45) is 52.0. The van der Waals surface area contributed by atoms with E-state index in [9.17, 15) is 14.4 Å². The van der Waals surface area contributed by atoms with Gasteiger partial charge in [-0.05, 0) is 96.3 Å². The number of esters is 3. The minimum Gasteiger partial charge on any atom is -0.462 e. The molecule has 0 aromatic rings. The Morgan fingerprint density at radius 2 is 0.778 bits per heavy atom. The van der Waals surface area contributed by atoms with E-state index in [4.69, 9.17) is 14.2 Å². The van der Waals surface area contributed by atoms with Crippen LogP contribution in [-0.2, 0) is 28.6 Å². The molecule has 0 aromatic heterocycles. The normalized spacial score (nSPS) is 12.7. The first-order valence-electron chi connectivity index (χ1n) is 22.0. The zero-order valence-electron chi connectivity index (χ0n) is 35.0. The molecule has 308 valence electrons. The topological polar surface area (TPSA) is 78.9 Å². The molecule has 54 heavy (non-hydrogen) atoms. The predicted molar refractivity (Wildman–Crippen MR) is 228 cm³/mol. The third kappa shape index (κ3) is 40.0. The summed E-state index contributed by atoms with van der Waals surface area (Å²) in [5, 5.41) is 0. The highest BCUT2D eigenvalue weighted by Crippen LogP contribution is 2.12. The van der Waals surface area contributed by atoms with Crippen LogP contribution in [0.25, 0.3) is 0 Å². The molecule has 0 amide bonds. The van der Waals surface area contributed by atoms with E-state index in [-0.39, 0.29) is 37.5 Å². The van der Waals surface area contributed by atoms with Crippen molar-refractivity contribution in [1.82, 2.24) is 0 Å². The van der Waals surface area contributed by atoms with E-state index >= 15 is 0 Å². The lowest BCUT2D eigenvalue weighted by Gasteiger charge is -2.18. The number of allylic oxidation sites excluding steroid dienone is 12. The third-order valence-electron chi connectivity index (χ3n) is 8.95. The van der Waals surface area contributed by atoms with Crippen LogP contribution < -0.4 is 0 Å². The van der Waals surface area contributed by atoms with Gasteiger partial charge in [-0.2, -0.15) is 0 Å². The van der Waals surface area contributed by atoms with Crippen LogP contribution in [0.15, 0.2) is 72.9 Å². The molecule has 0 aromatic carbocycles. The summed E-state index contributed by atoms with van der Waals surface area (Å²) < 4.78 is 16.5. The van der Waals surface area contributed by atoms with Crippen LogP contribution in [0.3, 0.4) is 0 Å². The number of hydrogen-bond acceptors (Lipinski definition) is 6. The molecule has 0 aliphatic carbocycles. The van der Waals surface area contributed by atoms with Crippen molar-refractivity contribution in [3.8, 4) is 0 Å². The van der Waals surface area contributed by atoms with Gasteiger partial charge in [-0.1, -0.05) is 151 Å². The maximum atomic E-state index is 12.6. The zero-order chi connectivity index (χ0) is 39.4. The van der Waals surface area contributed by atoms with E-state index in [0.29, 0.717) is 19.3 Å². The summed E-state index contributed by atoms with van der Waals surface area (Å²) in [5.41, 5.74) is 0. The van der Waals surface area contributed by atoms with Gasteiger partial charge in [-0.3, -0.25) is 14.4 Å². The van der Waals surface area contributed by atoms with Crippen LogP contribution in [0.2, 0.25) is 0 Å². The molecule has 0 bridgehead atoms. The Kier molecular flexibility index (Phi) is 40.1. The molecule has 0 aliphatic rings. The second kappa shape index (κ2) is 42.6. The van der Waals surface area contributed by atoms with Crippen molar-refractivity contribution in [2.24, 2.45) is 0 Å². The molecule has 1 unspecified atom stereocenters. The van der Waals surface area contributed by atoms with Gasteiger partial charge >= 0.3 is 17.9 Å². The number of hydrogen-bond donors (Lipinski definition) is 0. The molecule has 0 N–H and O–H groups in total. The standard InChI is InChI=1S/C48H80O6/c1-4-7-10-13-16-19-20-21-22-23-24-25-26-27-30-32-35-38-41-47(50)53-44-45(54-48(51)42-39-36-33-29-18-15-12-9-6-3)43-52-46(49)40-37-34-31-28-17-14-11-8-5-2/h8-9,11-12,17-18,22-25,28-29,45H,4-7,10,13-16,19-21,26-27,30-44H2,1-3H3/b11-8-,12-9-,23-22-,25-24-,28-17-,29-18-. The first-order chi connectivity index (χ1) is 26.5. The lowest BCUT2D eigenvalue weighted by molar-refractivity contribution is -0.167. The molecular formula is C48H80O6. The Hall–Kier alpha value is -3.15. The van der Waals surface area contributed by atoms with Crippen LogP contribution in [0, 0.1) is 0 Å². The second-order valence-corrected chi connectivity index (χ2v) is 14.2. The van der Waals surface area contributed by atoms with Gasteiger partial charge in [0.15, 0.2) is 6.10 Å². The lowest BCUT2D eigenvalue weighted by atomic mass is 10.1. The van der Waals surface area contributed by atoms with E-state index in [0.717, 1.165) is 96.3 Å². The van der Waals surface area contributed by atoms with Crippen molar-refractivity contribution in [3.05, 3.63) is 72.9 Å². The molecule has 0 saturated heterocycles. The molecule has 0 aliphatic heterocycles. The van der Waals surface area contributed by atoms with Gasteiger partial charge in [0.25, 0.3) is 0 Å². The average molecular weight is 753 g/mol. The van der Waals surface area contributed by atoms with E-state index in [1.807, 2.05) is 0 Å². The van der Waals surface area contributed by atoms with Crippen LogP contribution in [0.1, 0.15) is 194 Å². The highest BCUT2D eigenvalue weighted by molar-refractivity contribution is 5.71. The first-order valence-corrected chi connectivity index (χ1v) is 22.0. The Balaban J connectivity index is 4.37. The summed E-state index contributed by atoms with van der Waals surface area (Å²) in [6.45, 7) is 6.28. The van der Waals surface area contributed by atoms with Gasteiger partial charge in [-0.25, -0.2) is 0 Å². The summed E-state index contributed by atoms with van der Waals surface area (Å²) in [7, 11) is 0. The van der Waals surface area contributed by atoms with Crippen molar-refractivity contribution in [2.45, 2.75) is 200 Å². The molecule has 0 rings (SSSR count). The molecule has 0 fully saturated rings. The fraction of sp³-hybridized carbons (Fsp3) is 0.688. The minimum atomic E-state index is -0.807. The largest absolute Gasteiger partial charge is 0.462 e. The SMILES string of the molecule is CC/C=C\C/C=C\CCCCC(=O)OCC(COC(=O)CCCCCCC/C=C\C=C/CCCCCCCCC)OC(=O)CCCC/C=C\C/C=C\CC. The van der Waals surface area contributed by atoms with Crippen molar-refractivity contribution in [3.63, 3.8) is 0 Å². The monoisotopic (exact) mass is 753 g/mol. The molecule has 6 nitrogen and oxygen atoms in total. The van der Waals surface area contributed by atoms with Gasteiger partial charge in [0.2, 0.25) is 0 Å². The first kappa shape index (κ1) is 50.9. The smallest absolute Gasteiger partial charge is 0.306 e. The van der Waals surface area contributed by atoms with Gasteiger partial charge in [-0.15, -0.1) is 0 Å². The number of ether oxygens (including phenoxy) is 3. The maximum absolute atomic E-state index is 12.6. The van der Waals surface area contributed by atoms with Crippen LogP contribution in [0.4, 0.5) is 0 Å². The number of carbonyl (C=O) groups excluding carboxylic acids is 3. The van der Waals surface area contributed by atoms with Crippen LogP contribution in [0.5, 0.6) is 0 Å². The Morgan fingerprint density at radius 1 is 0.407 bits per heavy atom. The number of rotatable bonds is 38. The summed E-state index contributed by atoms with van der Waals surface area (Å²) in [4.78, 5) is 37.5. The van der Waals surface area contributed by atoms with Gasteiger partial charge < -0.3 is 14.2 Å². The quantitative estimate of drug-likeness (QED) is 0.0205. The second-order valence-electron chi connectivity index (χ2n) is 14.2. The molecule has 6 heteroatoms. The highest BCUT2D eigenvalue weighted by Gasteiger charge is 2.19. The number of unbranched alkanes of at least 4 members (excludes halogenated alkanes) is 16. The van der Waals surface area contributed by atoms with Crippen LogP contribution in [-0.4, -0.2) is 37.2 Å². The summed E-state index contributed by atoms with van der Waals surface area (Å²) >= 11 is 0. The summed E-state index contributed by atoms with van der Waals surface area (Å²) in [6, 6.07) is 0. The van der Waals surface area contributed by atoms with E-state index in [1.165, 1.54) is 51.4 Å². The molecule has 0 heterocycles. The van der Waals surface area contributed by atoms with Gasteiger partial charge in [0.05, 0.1) is 0 Å². The van der Waals surface area contributed by atoms with Crippen molar-refractivity contribution >= 4 is 17.9 Å². The molecule has 0 radical (unpaired) electrons. The summed E-state index contributed by atoms with van der Waals surface area (Å²) in [5.74, 6) is -1.01. The zero-order valence-corrected chi connectivity index (χ0v) is 35.0. The van der Waals surface area contributed by atoms with Crippen molar-refractivity contribution < 1.29 is 28.6 Å². The van der Waals surface area contributed by atoms with Gasteiger partial charge in [0.1, 0.15) is 13.2 Å². The van der Waals surface area contributed by atoms with Gasteiger partial charge in [0, 0.05) is 19.3 Å². The fourth-order valence-electron chi connectivity index (χ4n) is 5.68. The maximum Gasteiger partial charge on any atom is 0.306 e. The van der Waals surface area contributed by atoms with E-state index in [1.54, 1.807) is 0 Å². The third-order valence-corrected chi connectivity index (χ3v) is 8.95. The number of carbonyl (C=O) groups is 3. The molecule has 0 saturated carbocycles. The highest BCUT2D eigenvalue weighted by atomic mass is 16.6. The van der Waals surface area contributed by atoms with Crippen molar-refractivity contribution in [1.29, 1.82) is 0 Å². The lowest BCUT2D eigenvalue weighted by Crippen LogP contribution is -2.30. The predicted octanol–water partition coefficient (Wildman–Crippen LogP) is 13.9. The van der Waals surface area contributed by atoms with E-state index < -0.39 is 6.10 Å². The van der Waals surface area contributed by atoms with Crippen molar-refractivity contribution in [2.75, 3.05) is 13.2 Å². The molecular weight excluding hydrogens is 673 g/mol. The van der Waals surface area contributed by atoms with E-state index in [2.05, 4.69) is 93.7 Å². The fourth-order valence-corrected chi connectivity index (χ4v) is 5.68. The Labute approximate surface area is 332 Å². The average Bonchev–Trinajstić information content (AvgIpc) is 3.17. The molecule has 0 spiro atoms. The molecule has 1 atom stereocenters. The Morgan fingerprint density at radius 3 is 1.26 bits per heavy atom. The van der Waals surface area contributed by atoms with Crippen LogP contribution >= 0.6 is 0 Å².